The highest BCUT2D eigenvalue weighted by Gasteiger charge is 2.21. The minimum absolute atomic E-state index is 0.124. The van der Waals surface area contributed by atoms with Crippen LogP contribution in [0, 0.1) is 0 Å². The fourth-order valence-electron chi connectivity index (χ4n) is 1.94. The molecular weight excluding hydrogens is 244 g/mol. The van der Waals surface area contributed by atoms with E-state index in [0.717, 1.165) is 5.69 Å². The molecule has 104 valence electrons. The lowest BCUT2D eigenvalue weighted by atomic mass is 10.2. The van der Waals surface area contributed by atoms with Crippen molar-refractivity contribution in [2.45, 2.75) is 26.8 Å². The maximum absolute atomic E-state index is 11.6. The average molecular weight is 264 g/mol. The molecule has 1 atom stereocenters. The van der Waals surface area contributed by atoms with Gasteiger partial charge in [-0.3, -0.25) is 4.79 Å². The lowest BCUT2D eigenvalue weighted by molar-refractivity contribution is -0.141. The molecule has 0 saturated heterocycles. The minimum atomic E-state index is -0.373. The highest BCUT2D eigenvalue weighted by Crippen LogP contribution is 2.21. The van der Waals surface area contributed by atoms with Crippen LogP contribution in [-0.2, 0) is 14.3 Å². The van der Waals surface area contributed by atoms with Crippen molar-refractivity contribution in [1.29, 1.82) is 0 Å². The fraction of sp³-hybridized carbons (Fsp3) is 0.429. The Morgan fingerprint density at radius 2 is 2.11 bits per heavy atom. The van der Waals surface area contributed by atoms with Gasteiger partial charge in [-0.15, -0.1) is 0 Å². The number of amides is 1. The lowest BCUT2D eigenvalue weighted by Gasteiger charge is -2.28. The summed E-state index contributed by atoms with van der Waals surface area (Å²) in [5, 5.41) is 2.72. The molecule has 5 heteroatoms. The minimum Gasteiger partial charge on any atom is -0.467 e. The van der Waals surface area contributed by atoms with Crippen molar-refractivity contribution < 1.29 is 14.3 Å². The van der Waals surface area contributed by atoms with Crippen LogP contribution in [0.5, 0.6) is 0 Å². The molecule has 0 aromatic heterocycles. The van der Waals surface area contributed by atoms with Crippen molar-refractivity contribution >= 4 is 23.3 Å². The summed E-state index contributed by atoms with van der Waals surface area (Å²) in [5.74, 6) is -0.409. The van der Waals surface area contributed by atoms with E-state index in [1.165, 1.54) is 14.0 Å². The van der Waals surface area contributed by atoms with Gasteiger partial charge in [-0.2, -0.15) is 0 Å². The Morgan fingerprint density at radius 1 is 1.42 bits per heavy atom. The van der Waals surface area contributed by atoms with Gasteiger partial charge in [0, 0.05) is 24.8 Å². The van der Waals surface area contributed by atoms with E-state index in [1.54, 1.807) is 6.92 Å². The first kappa shape index (κ1) is 15.0. The summed E-state index contributed by atoms with van der Waals surface area (Å²) in [5.41, 5.74) is 1.58. The molecule has 5 nitrogen and oxygen atoms in total. The Bertz CT molecular complexity index is 460. The number of carbonyl (C=O) groups excluding carboxylic acids is 2. The molecule has 19 heavy (non-hydrogen) atoms. The van der Waals surface area contributed by atoms with Gasteiger partial charge in [0.2, 0.25) is 5.91 Å². The molecule has 0 saturated carbocycles. The third-order valence-corrected chi connectivity index (χ3v) is 2.85. The summed E-state index contributed by atoms with van der Waals surface area (Å²) in [7, 11) is 1.38. The average Bonchev–Trinajstić information content (AvgIpc) is 2.38. The van der Waals surface area contributed by atoms with Crippen LogP contribution in [0.4, 0.5) is 11.4 Å². The summed E-state index contributed by atoms with van der Waals surface area (Å²) in [6.45, 7) is 5.88. The van der Waals surface area contributed by atoms with Gasteiger partial charge in [-0.05, 0) is 32.0 Å². The maximum atomic E-state index is 11.6. The molecule has 0 bridgehead atoms. The molecule has 0 spiro atoms. The molecule has 0 aliphatic rings. The zero-order valence-corrected chi connectivity index (χ0v) is 11.8. The number of hydrogen-bond acceptors (Lipinski definition) is 4. The highest BCUT2D eigenvalue weighted by atomic mass is 16.5. The lowest BCUT2D eigenvalue weighted by Crippen LogP contribution is -2.39. The van der Waals surface area contributed by atoms with Crippen LogP contribution in [-0.4, -0.2) is 31.6 Å². The van der Waals surface area contributed by atoms with E-state index in [4.69, 9.17) is 4.74 Å². The Labute approximate surface area is 113 Å². The maximum Gasteiger partial charge on any atom is 0.328 e. The number of ether oxygens (including phenoxy) is 1. The van der Waals surface area contributed by atoms with Crippen molar-refractivity contribution in [3.05, 3.63) is 24.3 Å². The van der Waals surface area contributed by atoms with Gasteiger partial charge >= 0.3 is 5.97 Å². The van der Waals surface area contributed by atoms with E-state index < -0.39 is 0 Å². The molecule has 1 amide bonds. The van der Waals surface area contributed by atoms with Crippen molar-refractivity contribution in [3.63, 3.8) is 0 Å². The van der Waals surface area contributed by atoms with E-state index in [-0.39, 0.29) is 17.9 Å². The molecule has 0 aliphatic carbocycles. The van der Waals surface area contributed by atoms with E-state index in [9.17, 15) is 9.59 Å². The van der Waals surface area contributed by atoms with Gasteiger partial charge in [0.25, 0.3) is 0 Å². The second kappa shape index (κ2) is 6.78. The second-order valence-corrected chi connectivity index (χ2v) is 4.22. The number of nitrogens with one attached hydrogen (secondary N) is 1. The number of rotatable bonds is 5. The standard InChI is InChI=1S/C14H20N2O3/c1-5-16(10(2)14(18)19-4)13-8-6-7-12(9-13)15-11(3)17/h6-10H,5H2,1-4H3,(H,15,17). The first-order valence-electron chi connectivity index (χ1n) is 6.21. The zero-order chi connectivity index (χ0) is 14.4. The van der Waals surface area contributed by atoms with Gasteiger partial charge in [-0.1, -0.05) is 6.07 Å². The number of nitrogens with zero attached hydrogens (tertiary/aromatic N) is 1. The van der Waals surface area contributed by atoms with Crippen molar-refractivity contribution in [2.75, 3.05) is 23.9 Å². The Morgan fingerprint density at radius 3 is 2.63 bits per heavy atom. The van der Waals surface area contributed by atoms with E-state index in [0.29, 0.717) is 12.2 Å². The van der Waals surface area contributed by atoms with Gasteiger partial charge < -0.3 is 15.0 Å². The summed E-state index contributed by atoms with van der Waals surface area (Å²) < 4.78 is 4.76. The number of esters is 1. The van der Waals surface area contributed by atoms with Crippen LogP contribution in [0.15, 0.2) is 24.3 Å². The third kappa shape index (κ3) is 3.98. The molecular formula is C14H20N2O3. The van der Waals surface area contributed by atoms with Crippen molar-refractivity contribution in [3.8, 4) is 0 Å². The predicted molar refractivity (Wildman–Crippen MR) is 75.2 cm³/mol. The Hall–Kier alpha value is -2.04. The molecule has 0 radical (unpaired) electrons. The molecule has 0 aliphatic heterocycles. The summed E-state index contributed by atoms with van der Waals surface area (Å²) in [4.78, 5) is 24.6. The van der Waals surface area contributed by atoms with Crippen LogP contribution in [0.3, 0.4) is 0 Å². The molecule has 1 rings (SSSR count). The molecule has 1 aromatic rings. The number of benzene rings is 1. The second-order valence-electron chi connectivity index (χ2n) is 4.22. The van der Waals surface area contributed by atoms with Gasteiger partial charge in [0.15, 0.2) is 0 Å². The van der Waals surface area contributed by atoms with Gasteiger partial charge in [-0.25, -0.2) is 4.79 Å². The van der Waals surface area contributed by atoms with Crippen LogP contribution in [0.25, 0.3) is 0 Å². The smallest absolute Gasteiger partial charge is 0.328 e. The molecule has 1 aromatic carbocycles. The number of anilines is 2. The van der Waals surface area contributed by atoms with E-state index in [2.05, 4.69) is 5.32 Å². The fourth-order valence-corrected chi connectivity index (χ4v) is 1.94. The van der Waals surface area contributed by atoms with Crippen LogP contribution < -0.4 is 10.2 Å². The summed E-state index contributed by atoms with van der Waals surface area (Å²) in [6.07, 6.45) is 0. The topological polar surface area (TPSA) is 58.6 Å². The summed E-state index contributed by atoms with van der Waals surface area (Å²) >= 11 is 0. The molecule has 0 fully saturated rings. The monoisotopic (exact) mass is 264 g/mol. The highest BCUT2D eigenvalue weighted by molar-refractivity contribution is 5.89. The third-order valence-electron chi connectivity index (χ3n) is 2.85. The van der Waals surface area contributed by atoms with E-state index >= 15 is 0 Å². The quantitative estimate of drug-likeness (QED) is 0.827. The first-order chi connectivity index (χ1) is 8.99. The van der Waals surface area contributed by atoms with Crippen molar-refractivity contribution in [1.82, 2.24) is 0 Å². The molecule has 0 heterocycles. The Balaban J connectivity index is 2.98. The van der Waals surface area contributed by atoms with Gasteiger partial charge in [0.05, 0.1) is 7.11 Å². The van der Waals surface area contributed by atoms with Gasteiger partial charge in [0.1, 0.15) is 6.04 Å². The molecule has 1 unspecified atom stereocenters. The number of methoxy groups -OCH3 is 1. The SMILES string of the molecule is CCN(c1cccc(NC(C)=O)c1)C(C)C(=O)OC. The van der Waals surface area contributed by atoms with Crippen LogP contribution >= 0.6 is 0 Å². The van der Waals surface area contributed by atoms with Crippen LogP contribution in [0.2, 0.25) is 0 Å². The normalized spacial score (nSPS) is 11.6. The van der Waals surface area contributed by atoms with Crippen LogP contribution in [0.1, 0.15) is 20.8 Å². The van der Waals surface area contributed by atoms with Crippen molar-refractivity contribution in [2.24, 2.45) is 0 Å². The number of carbonyl (C=O) groups is 2. The largest absolute Gasteiger partial charge is 0.467 e. The van der Waals surface area contributed by atoms with E-state index in [1.807, 2.05) is 36.1 Å². The Kier molecular flexibility index (Phi) is 5.36. The predicted octanol–water partition coefficient (Wildman–Crippen LogP) is 2.03. The number of hydrogen-bond donors (Lipinski definition) is 1. The first-order valence-corrected chi connectivity index (χ1v) is 6.21. The molecule has 1 N–H and O–H groups in total. The summed E-state index contributed by atoms with van der Waals surface area (Å²) in [6, 6.07) is 7.01. The number of likely N-dealkylation sites (N-methyl/N-ethyl adjacent to an activating group) is 1. The zero-order valence-electron chi connectivity index (χ0n) is 11.8.